The third-order valence-electron chi connectivity index (χ3n) is 7.48. The van der Waals surface area contributed by atoms with Crippen molar-refractivity contribution in [2.24, 2.45) is 0 Å². The molecule has 2 aromatic heterocycles. The molecule has 2 atom stereocenters. The van der Waals surface area contributed by atoms with E-state index >= 15 is 0 Å². The van der Waals surface area contributed by atoms with E-state index < -0.39 is 5.41 Å². The van der Waals surface area contributed by atoms with E-state index in [0.29, 0.717) is 11.4 Å². The lowest BCUT2D eigenvalue weighted by molar-refractivity contribution is 0.0734. The summed E-state index contributed by atoms with van der Waals surface area (Å²) in [4.78, 5) is 29.2. The minimum atomic E-state index is -0.499. The van der Waals surface area contributed by atoms with Gasteiger partial charge in [0.05, 0.1) is 29.7 Å². The number of hydrogen-bond acceptors (Lipinski definition) is 5. The molecule has 7 heteroatoms. The zero-order valence-electron chi connectivity index (χ0n) is 20.8. The molecule has 1 N–H and O–H groups in total. The predicted molar refractivity (Wildman–Crippen MR) is 137 cm³/mol. The molecular weight excluding hydrogens is 450 g/mol. The number of aliphatic hydroxyl groups is 1. The number of aliphatic hydroxyl groups excluding tert-OH is 1. The Bertz CT molecular complexity index is 1590. The second-order valence-electron chi connectivity index (χ2n) is 10.2. The van der Waals surface area contributed by atoms with Crippen molar-refractivity contribution in [2.75, 3.05) is 13.7 Å². The quantitative estimate of drug-likeness (QED) is 0.446. The van der Waals surface area contributed by atoms with E-state index in [-0.39, 0.29) is 24.6 Å². The molecule has 7 nitrogen and oxygen atoms in total. The van der Waals surface area contributed by atoms with Crippen molar-refractivity contribution in [1.29, 1.82) is 0 Å². The van der Waals surface area contributed by atoms with Crippen molar-refractivity contribution in [2.45, 2.75) is 44.7 Å². The number of nitrogens with zero attached hydrogens (tertiary/aromatic N) is 5. The van der Waals surface area contributed by atoms with Crippen LogP contribution in [0, 0.1) is 11.8 Å². The van der Waals surface area contributed by atoms with Gasteiger partial charge in [-0.05, 0) is 36.8 Å². The van der Waals surface area contributed by atoms with Gasteiger partial charge < -0.3 is 14.6 Å². The molecule has 2 unspecified atom stereocenters. The average Bonchev–Trinajstić information content (AvgIpc) is 3.42. The van der Waals surface area contributed by atoms with Gasteiger partial charge in [-0.15, -0.1) is 5.92 Å². The Kier molecular flexibility index (Phi) is 4.99. The fourth-order valence-electron chi connectivity index (χ4n) is 5.44. The highest BCUT2D eigenvalue weighted by molar-refractivity contribution is 5.98. The second-order valence-corrected chi connectivity index (χ2v) is 10.2. The summed E-state index contributed by atoms with van der Waals surface area (Å²) >= 11 is 0. The van der Waals surface area contributed by atoms with E-state index in [1.54, 1.807) is 0 Å². The summed E-state index contributed by atoms with van der Waals surface area (Å²) in [6.07, 6.45) is 4.39. The van der Waals surface area contributed by atoms with Crippen LogP contribution in [0.1, 0.15) is 72.4 Å². The van der Waals surface area contributed by atoms with Gasteiger partial charge >= 0.3 is 0 Å². The van der Waals surface area contributed by atoms with Crippen LogP contribution in [0.3, 0.4) is 0 Å². The summed E-state index contributed by atoms with van der Waals surface area (Å²) in [6, 6.07) is 11.9. The first-order chi connectivity index (χ1) is 17.3. The number of aromatic nitrogens is 4. The van der Waals surface area contributed by atoms with Crippen LogP contribution in [-0.2, 0) is 5.41 Å². The summed E-state index contributed by atoms with van der Waals surface area (Å²) in [5.74, 6) is 7.77. The van der Waals surface area contributed by atoms with Crippen molar-refractivity contribution < 1.29 is 9.90 Å². The number of carbonyl (C=O) groups excluding carboxylic acids is 1. The standard InChI is InChI=1S/C29H27N5O2/c1-5-7-17-8-6-9-20-25(17)23-13-24(33(4)27(20)36)26-32-21-11-10-18(12-22(21)34(23)26)19-14-30-28(31-15-19)29(2,3)16-35/h6,8-12,14-15,23-24,35H,13,16H2,1-4H3. The highest BCUT2D eigenvalue weighted by atomic mass is 16.3. The molecular formula is C29H27N5O2. The normalized spacial score (nSPS) is 18.5. The van der Waals surface area contributed by atoms with Gasteiger partial charge in [0, 0.05) is 53.5 Å². The number of imidazole rings is 1. The van der Waals surface area contributed by atoms with Gasteiger partial charge in [0.1, 0.15) is 11.6 Å². The Morgan fingerprint density at radius 2 is 1.89 bits per heavy atom. The number of carbonyl (C=O) groups is 1. The molecule has 2 aliphatic heterocycles. The molecule has 0 fully saturated rings. The molecule has 2 aromatic carbocycles. The van der Waals surface area contributed by atoms with E-state index in [1.165, 1.54) is 0 Å². The fourth-order valence-corrected chi connectivity index (χ4v) is 5.44. The van der Waals surface area contributed by atoms with Crippen LogP contribution in [0.2, 0.25) is 0 Å². The Morgan fingerprint density at radius 3 is 2.61 bits per heavy atom. The van der Waals surface area contributed by atoms with Crippen LogP contribution < -0.4 is 0 Å². The van der Waals surface area contributed by atoms with E-state index in [0.717, 1.165) is 45.5 Å². The number of amides is 1. The Labute approximate surface area is 209 Å². The van der Waals surface area contributed by atoms with Crippen molar-refractivity contribution >= 4 is 16.9 Å². The van der Waals surface area contributed by atoms with Crippen molar-refractivity contribution in [3.63, 3.8) is 0 Å². The molecule has 36 heavy (non-hydrogen) atoms. The van der Waals surface area contributed by atoms with Crippen LogP contribution >= 0.6 is 0 Å². The summed E-state index contributed by atoms with van der Waals surface area (Å²) in [7, 11) is 1.87. The molecule has 2 aliphatic rings. The molecule has 2 bridgehead atoms. The van der Waals surface area contributed by atoms with Gasteiger partial charge in [-0.3, -0.25) is 4.79 Å². The summed E-state index contributed by atoms with van der Waals surface area (Å²) in [5, 5.41) is 9.65. The third-order valence-corrected chi connectivity index (χ3v) is 7.48. The van der Waals surface area contributed by atoms with E-state index in [2.05, 4.69) is 32.4 Å². The van der Waals surface area contributed by atoms with Crippen LogP contribution in [-0.4, -0.2) is 49.1 Å². The van der Waals surface area contributed by atoms with Gasteiger partial charge in [-0.1, -0.05) is 31.9 Å². The Hall–Kier alpha value is -4.02. The van der Waals surface area contributed by atoms with Crippen LogP contribution in [0.15, 0.2) is 48.8 Å². The molecule has 0 saturated carbocycles. The fraction of sp³-hybridized carbons (Fsp3) is 0.310. The molecule has 4 aromatic rings. The Morgan fingerprint density at radius 1 is 1.11 bits per heavy atom. The van der Waals surface area contributed by atoms with Gasteiger partial charge in [-0.2, -0.15) is 0 Å². The largest absolute Gasteiger partial charge is 0.395 e. The van der Waals surface area contributed by atoms with Gasteiger partial charge in [0.15, 0.2) is 0 Å². The SMILES string of the molecule is CC#Cc1cccc2c1C1CC(c3nc4ccc(-c5cnc(C(C)(C)CO)nc5)cc4n31)N(C)C2=O. The van der Waals surface area contributed by atoms with Crippen LogP contribution in [0.4, 0.5) is 0 Å². The maximum Gasteiger partial charge on any atom is 0.254 e. The first-order valence-electron chi connectivity index (χ1n) is 12.1. The monoisotopic (exact) mass is 477 g/mol. The van der Waals surface area contributed by atoms with E-state index in [9.17, 15) is 9.90 Å². The lowest BCUT2D eigenvalue weighted by atomic mass is 9.93. The van der Waals surface area contributed by atoms with Crippen LogP contribution in [0.25, 0.3) is 22.2 Å². The minimum absolute atomic E-state index is 0.0132. The van der Waals surface area contributed by atoms with E-state index in [1.807, 2.05) is 75.4 Å². The number of fused-ring (bicyclic) bond motifs is 9. The molecule has 0 spiro atoms. The molecule has 6 rings (SSSR count). The maximum atomic E-state index is 13.4. The molecule has 0 saturated heterocycles. The van der Waals surface area contributed by atoms with Crippen molar-refractivity contribution in [3.8, 4) is 23.0 Å². The molecule has 180 valence electrons. The summed E-state index contributed by atoms with van der Waals surface area (Å²) in [5.41, 5.74) is 5.88. The van der Waals surface area contributed by atoms with Crippen molar-refractivity contribution in [3.05, 3.63) is 77.1 Å². The number of rotatable bonds is 3. The lowest BCUT2D eigenvalue weighted by Crippen LogP contribution is -2.30. The molecule has 0 radical (unpaired) electrons. The van der Waals surface area contributed by atoms with E-state index in [4.69, 9.17) is 4.98 Å². The second kappa shape index (κ2) is 8.00. The summed E-state index contributed by atoms with van der Waals surface area (Å²) < 4.78 is 2.29. The average molecular weight is 478 g/mol. The zero-order chi connectivity index (χ0) is 25.2. The maximum absolute atomic E-state index is 13.4. The lowest BCUT2D eigenvalue weighted by Gasteiger charge is -2.24. The Balaban J connectivity index is 1.52. The number of hydrogen-bond donors (Lipinski definition) is 1. The highest BCUT2D eigenvalue weighted by Crippen LogP contribution is 2.48. The zero-order valence-corrected chi connectivity index (χ0v) is 20.8. The third kappa shape index (κ3) is 3.18. The van der Waals surface area contributed by atoms with Crippen molar-refractivity contribution in [1.82, 2.24) is 24.4 Å². The first-order valence-corrected chi connectivity index (χ1v) is 12.1. The highest BCUT2D eigenvalue weighted by Gasteiger charge is 2.44. The molecule has 1 amide bonds. The predicted octanol–water partition coefficient (Wildman–Crippen LogP) is 4.25. The topological polar surface area (TPSA) is 84.1 Å². The molecule has 4 heterocycles. The minimum Gasteiger partial charge on any atom is -0.395 e. The number of benzene rings is 2. The molecule has 0 aliphatic carbocycles. The summed E-state index contributed by atoms with van der Waals surface area (Å²) in [6.45, 7) is 5.63. The smallest absolute Gasteiger partial charge is 0.254 e. The van der Waals surface area contributed by atoms with Crippen LogP contribution in [0.5, 0.6) is 0 Å². The van der Waals surface area contributed by atoms with Gasteiger partial charge in [0.2, 0.25) is 0 Å². The first kappa shape index (κ1) is 22.4. The van der Waals surface area contributed by atoms with Gasteiger partial charge in [0.25, 0.3) is 5.91 Å². The van der Waals surface area contributed by atoms with Gasteiger partial charge in [-0.25, -0.2) is 15.0 Å².